The van der Waals surface area contributed by atoms with Gasteiger partial charge < -0.3 is 19.9 Å². The Balaban J connectivity index is 1.42. The quantitative estimate of drug-likeness (QED) is 0.581. The lowest BCUT2D eigenvalue weighted by molar-refractivity contribution is -0.126. The van der Waals surface area contributed by atoms with Gasteiger partial charge in [0.1, 0.15) is 5.75 Å². The van der Waals surface area contributed by atoms with E-state index in [0.717, 1.165) is 31.7 Å². The van der Waals surface area contributed by atoms with Crippen LogP contribution in [-0.2, 0) is 4.79 Å². The van der Waals surface area contributed by atoms with Gasteiger partial charge in [-0.2, -0.15) is 8.78 Å². The van der Waals surface area contributed by atoms with Crippen LogP contribution in [0.4, 0.5) is 8.78 Å². The molecule has 2 saturated heterocycles. The molecule has 178 valence electrons. The third-order valence-electron chi connectivity index (χ3n) is 6.49. The molecule has 32 heavy (non-hydrogen) atoms. The number of piperidine rings is 2. The lowest BCUT2D eigenvalue weighted by atomic mass is 9.96. The highest BCUT2D eigenvalue weighted by molar-refractivity contribution is 5.97. The van der Waals surface area contributed by atoms with Gasteiger partial charge in [0.25, 0.3) is 5.91 Å². The zero-order valence-electron chi connectivity index (χ0n) is 18.9. The Kier molecular flexibility index (Phi) is 9.26. The van der Waals surface area contributed by atoms with E-state index in [1.165, 1.54) is 38.1 Å². The third kappa shape index (κ3) is 7.15. The number of likely N-dealkylation sites (tertiary alicyclic amines) is 2. The van der Waals surface area contributed by atoms with Gasteiger partial charge in [-0.1, -0.05) is 19.1 Å². The Morgan fingerprint density at radius 2 is 1.88 bits per heavy atom. The average Bonchev–Trinajstić information content (AvgIpc) is 2.79. The van der Waals surface area contributed by atoms with Crippen molar-refractivity contribution in [2.45, 2.75) is 52.1 Å². The largest absolute Gasteiger partial charge is 0.434 e. The first kappa shape index (κ1) is 24.4. The van der Waals surface area contributed by atoms with Gasteiger partial charge in [0.15, 0.2) is 0 Å². The molecule has 0 bridgehead atoms. The molecular formula is C24H35F2N3O3. The Labute approximate surface area is 189 Å². The molecule has 2 heterocycles. The highest BCUT2D eigenvalue weighted by Gasteiger charge is 2.30. The Hall–Kier alpha value is -2.22. The molecule has 1 aromatic rings. The van der Waals surface area contributed by atoms with E-state index >= 15 is 0 Å². The number of alkyl halides is 2. The van der Waals surface area contributed by atoms with E-state index in [1.54, 1.807) is 17.0 Å². The van der Waals surface area contributed by atoms with Crippen LogP contribution in [0.3, 0.4) is 0 Å². The van der Waals surface area contributed by atoms with Gasteiger partial charge in [-0.25, -0.2) is 0 Å². The van der Waals surface area contributed by atoms with Crippen molar-refractivity contribution in [3.63, 3.8) is 0 Å². The van der Waals surface area contributed by atoms with Crippen LogP contribution >= 0.6 is 0 Å². The second kappa shape index (κ2) is 12.1. The second-order valence-corrected chi connectivity index (χ2v) is 8.99. The van der Waals surface area contributed by atoms with Crippen molar-refractivity contribution in [2.75, 3.05) is 39.3 Å². The minimum atomic E-state index is -3.00. The summed E-state index contributed by atoms with van der Waals surface area (Å²) in [5.74, 6) is 0.000465. The van der Waals surface area contributed by atoms with Crippen molar-refractivity contribution in [1.29, 1.82) is 0 Å². The summed E-state index contributed by atoms with van der Waals surface area (Å²) >= 11 is 0. The molecule has 2 aliphatic rings. The molecule has 0 saturated carbocycles. The number of amides is 2. The zero-order chi connectivity index (χ0) is 22.9. The number of carbonyl (C=O) groups is 2. The van der Waals surface area contributed by atoms with Crippen molar-refractivity contribution in [1.82, 2.24) is 15.1 Å². The lowest BCUT2D eigenvalue weighted by Crippen LogP contribution is -2.45. The maximum Gasteiger partial charge on any atom is 0.387 e. The molecule has 3 rings (SSSR count). The molecule has 0 radical (unpaired) electrons. The number of para-hydroxylation sites is 1. The first-order valence-electron chi connectivity index (χ1n) is 11.8. The molecule has 0 spiro atoms. The Bertz CT molecular complexity index is 754. The van der Waals surface area contributed by atoms with E-state index in [9.17, 15) is 18.4 Å². The summed E-state index contributed by atoms with van der Waals surface area (Å²) in [6.45, 7) is 4.16. The molecule has 1 atom stereocenters. The molecule has 6 nitrogen and oxygen atoms in total. The predicted molar refractivity (Wildman–Crippen MR) is 119 cm³/mol. The number of hydrogen-bond donors (Lipinski definition) is 1. The van der Waals surface area contributed by atoms with Crippen LogP contribution in [0.2, 0.25) is 0 Å². The molecule has 1 unspecified atom stereocenters. The minimum absolute atomic E-state index is 0.0357. The van der Waals surface area contributed by atoms with Gasteiger partial charge >= 0.3 is 6.61 Å². The van der Waals surface area contributed by atoms with E-state index in [0.29, 0.717) is 26.1 Å². The van der Waals surface area contributed by atoms with E-state index in [4.69, 9.17) is 0 Å². The number of unbranched alkanes of at least 4 members (excludes halogenated alkanes) is 1. The molecule has 1 aromatic carbocycles. The Morgan fingerprint density at radius 1 is 1.12 bits per heavy atom. The van der Waals surface area contributed by atoms with Crippen LogP contribution in [0.1, 0.15) is 55.8 Å². The highest BCUT2D eigenvalue weighted by atomic mass is 19.3. The molecule has 1 N–H and O–H groups in total. The van der Waals surface area contributed by atoms with Crippen LogP contribution in [0, 0.1) is 11.8 Å². The van der Waals surface area contributed by atoms with Gasteiger partial charge in [-0.05, 0) is 76.2 Å². The van der Waals surface area contributed by atoms with Crippen LogP contribution in [0.5, 0.6) is 5.75 Å². The number of hydrogen-bond acceptors (Lipinski definition) is 4. The van der Waals surface area contributed by atoms with Gasteiger partial charge in [-0.15, -0.1) is 0 Å². The first-order chi connectivity index (χ1) is 15.4. The molecular weight excluding hydrogens is 416 g/mol. The molecule has 8 heteroatoms. The van der Waals surface area contributed by atoms with E-state index in [-0.39, 0.29) is 29.0 Å². The summed E-state index contributed by atoms with van der Waals surface area (Å²) in [6, 6.07) is 6.00. The number of nitrogens with zero attached hydrogens (tertiary/aromatic N) is 2. The monoisotopic (exact) mass is 451 g/mol. The van der Waals surface area contributed by atoms with Crippen LogP contribution in [0.15, 0.2) is 24.3 Å². The van der Waals surface area contributed by atoms with Gasteiger partial charge in [0.05, 0.1) is 11.5 Å². The zero-order valence-corrected chi connectivity index (χ0v) is 18.9. The summed E-state index contributed by atoms with van der Waals surface area (Å²) in [6.07, 6.45) is 5.96. The summed E-state index contributed by atoms with van der Waals surface area (Å²) in [5, 5.41) is 3.01. The average molecular weight is 452 g/mol. The normalized spacial score (nSPS) is 20.4. The SMILES string of the molecule is CC1CCN(CCCCNC(=O)C2CCCN(C(=O)c3ccccc3OC(F)F)C2)CC1. The standard InChI is InChI=1S/C24H35F2N3O3/c1-18-10-15-28(16-11-18)13-5-4-12-27-22(30)19-7-6-14-29(17-19)23(31)20-8-2-3-9-21(20)32-24(25)26/h2-3,8-9,18-19,24H,4-7,10-17H2,1H3,(H,27,30). The number of ether oxygens (including phenoxy) is 1. The van der Waals surface area contributed by atoms with Gasteiger partial charge in [0.2, 0.25) is 5.91 Å². The summed E-state index contributed by atoms with van der Waals surface area (Å²) in [7, 11) is 0. The van der Waals surface area contributed by atoms with E-state index in [1.807, 2.05) is 0 Å². The van der Waals surface area contributed by atoms with Gasteiger partial charge in [-0.3, -0.25) is 9.59 Å². The number of carbonyl (C=O) groups excluding carboxylic acids is 2. The van der Waals surface area contributed by atoms with Gasteiger partial charge in [0, 0.05) is 19.6 Å². The topological polar surface area (TPSA) is 61.9 Å². The first-order valence-corrected chi connectivity index (χ1v) is 11.8. The van der Waals surface area contributed by atoms with Crippen molar-refractivity contribution in [3.05, 3.63) is 29.8 Å². The second-order valence-electron chi connectivity index (χ2n) is 8.99. The van der Waals surface area contributed by atoms with Crippen molar-refractivity contribution in [2.24, 2.45) is 11.8 Å². The smallest absolute Gasteiger partial charge is 0.387 e. The summed E-state index contributed by atoms with van der Waals surface area (Å²) < 4.78 is 29.8. The fourth-order valence-electron chi connectivity index (χ4n) is 4.49. The number of halogens is 2. The van der Waals surface area contributed by atoms with Crippen molar-refractivity contribution in [3.8, 4) is 5.75 Å². The molecule has 0 aliphatic carbocycles. The number of rotatable bonds is 9. The number of nitrogens with one attached hydrogen (secondary N) is 1. The molecule has 2 aliphatic heterocycles. The molecule has 2 amide bonds. The van der Waals surface area contributed by atoms with Crippen molar-refractivity contribution >= 4 is 11.8 Å². The van der Waals surface area contributed by atoms with Crippen LogP contribution in [-0.4, -0.2) is 67.5 Å². The summed E-state index contributed by atoms with van der Waals surface area (Å²) in [4.78, 5) is 29.6. The predicted octanol–water partition coefficient (Wildman–Crippen LogP) is 3.77. The Morgan fingerprint density at radius 3 is 2.62 bits per heavy atom. The van der Waals surface area contributed by atoms with Crippen molar-refractivity contribution < 1.29 is 23.1 Å². The van der Waals surface area contributed by atoms with Crippen LogP contribution in [0.25, 0.3) is 0 Å². The molecule has 2 fully saturated rings. The van der Waals surface area contributed by atoms with Crippen LogP contribution < -0.4 is 10.1 Å². The summed E-state index contributed by atoms with van der Waals surface area (Å²) in [5.41, 5.74) is 0.0981. The lowest BCUT2D eigenvalue weighted by Gasteiger charge is -2.32. The van der Waals surface area contributed by atoms with E-state index in [2.05, 4.69) is 21.9 Å². The maximum atomic E-state index is 12.9. The molecule has 0 aromatic heterocycles. The minimum Gasteiger partial charge on any atom is -0.434 e. The maximum absolute atomic E-state index is 12.9. The fourth-order valence-corrected chi connectivity index (χ4v) is 4.49. The third-order valence-corrected chi connectivity index (χ3v) is 6.49. The fraction of sp³-hybridized carbons (Fsp3) is 0.667. The van der Waals surface area contributed by atoms with E-state index < -0.39 is 6.61 Å². The highest BCUT2D eigenvalue weighted by Crippen LogP contribution is 2.25. The number of benzene rings is 1.